The Kier molecular flexibility index (Phi) is 3.00. The molecule has 98 valence electrons. The Morgan fingerprint density at radius 2 is 1.67 bits per heavy atom. The van der Waals surface area contributed by atoms with Gasteiger partial charge in [0, 0.05) is 5.56 Å². The van der Waals surface area contributed by atoms with Gasteiger partial charge in [0.1, 0.15) is 5.60 Å². The second kappa shape index (κ2) is 4.11. The van der Waals surface area contributed by atoms with Gasteiger partial charge in [0.05, 0.1) is 5.56 Å². The molecule has 1 aliphatic rings. The van der Waals surface area contributed by atoms with Crippen molar-refractivity contribution in [3.63, 3.8) is 0 Å². The minimum atomic E-state index is -0.499. The number of hydrogen-bond donors (Lipinski definition) is 0. The largest absolute Gasteiger partial charge is 0.451 e. The average Bonchev–Trinajstić information content (AvgIpc) is 2.48. The summed E-state index contributed by atoms with van der Waals surface area (Å²) in [6.07, 6.45) is 0. The van der Waals surface area contributed by atoms with E-state index in [9.17, 15) is 4.79 Å². The Bertz CT molecular complexity index is 496. The maximum atomic E-state index is 12.1. The predicted octanol–water partition coefficient (Wildman–Crippen LogP) is 4.34. The number of cyclic esters (lactones) is 1. The van der Waals surface area contributed by atoms with E-state index in [4.69, 9.17) is 4.74 Å². The van der Waals surface area contributed by atoms with E-state index < -0.39 is 5.60 Å². The third-order valence-electron chi connectivity index (χ3n) is 3.68. The number of carbonyl (C=O) groups is 1. The highest BCUT2D eigenvalue weighted by Gasteiger charge is 2.40. The van der Waals surface area contributed by atoms with Crippen LogP contribution in [0.2, 0.25) is 0 Å². The lowest BCUT2D eigenvalue weighted by Crippen LogP contribution is -2.16. The summed E-state index contributed by atoms with van der Waals surface area (Å²) in [5.41, 5.74) is 3.73. The van der Waals surface area contributed by atoms with E-state index in [1.807, 2.05) is 13.8 Å². The van der Waals surface area contributed by atoms with Crippen LogP contribution in [0.15, 0.2) is 12.1 Å². The molecule has 2 nitrogen and oxygen atoms in total. The van der Waals surface area contributed by atoms with Crippen molar-refractivity contribution < 1.29 is 9.53 Å². The van der Waals surface area contributed by atoms with Gasteiger partial charge in [0.15, 0.2) is 0 Å². The number of benzene rings is 1. The highest BCUT2D eigenvalue weighted by molar-refractivity contribution is 5.96. The van der Waals surface area contributed by atoms with Crippen LogP contribution in [0.3, 0.4) is 0 Å². The van der Waals surface area contributed by atoms with Gasteiger partial charge < -0.3 is 4.74 Å². The van der Waals surface area contributed by atoms with Crippen LogP contribution in [0.1, 0.15) is 80.4 Å². The molecule has 2 heteroatoms. The number of hydrogen-bond acceptors (Lipinski definition) is 2. The first-order valence-corrected chi connectivity index (χ1v) is 6.65. The smallest absolute Gasteiger partial charge is 0.339 e. The monoisotopic (exact) mass is 246 g/mol. The second-order valence-electron chi connectivity index (χ2n) is 6.24. The molecule has 1 aliphatic heterocycles. The van der Waals surface area contributed by atoms with E-state index in [1.165, 1.54) is 5.56 Å². The van der Waals surface area contributed by atoms with Crippen molar-refractivity contribution >= 4 is 5.97 Å². The summed E-state index contributed by atoms with van der Waals surface area (Å²) in [5, 5.41) is 0. The zero-order chi connectivity index (χ0) is 13.7. The highest BCUT2D eigenvalue weighted by Crippen LogP contribution is 2.41. The second-order valence-corrected chi connectivity index (χ2v) is 6.24. The van der Waals surface area contributed by atoms with Crippen LogP contribution in [0.25, 0.3) is 0 Å². The average molecular weight is 246 g/mol. The molecular formula is C16H22O2. The lowest BCUT2D eigenvalue weighted by molar-refractivity contribution is 0.00948. The van der Waals surface area contributed by atoms with Crippen molar-refractivity contribution in [3.05, 3.63) is 34.4 Å². The zero-order valence-electron chi connectivity index (χ0n) is 12.1. The molecule has 0 spiro atoms. The molecule has 0 aliphatic carbocycles. The van der Waals surface area contributed by atoms with Gasteiger partial charge in [-0.15, -0.1) is 0 Å². The first-order chi connectivity index (χ1) is 8.24. The van der Waals surface area contributed by atoms with Crippen molar-refractivity contribution in [2.75, 3.05) is 0 Å². The summed E-state index contributed by atoms with van der Waals surface area (Å²) in [6.45, 7) is 12.5. The molecule has 1 aromatic rings. The SMILES string of the molecule is CC(C)c1cc(C(C)C)c2c(c1)C(C)(C)OC2=O. The topological polar surface area (TPSA) is 26.3 Å². The highest BCUT2D eigenvalue weighted by atomic mass is 16.6. The molecule has 1 aromatic carbocycles. The van der Waals surface area contributed by atoms with E-state index in [2.05, 4.69) is 39.8 Å². The normalized spacial score (nSPS) is 17.2. The third-order valence-corrected chi connectivity index (χ3v) is 3.68. The first kappa shape index (κ1) is 13.1. The molecular weight excluding hydrogens is 224 g/mol. The van der Waals surface area contributed by atoms with E-state index in [1.54, 1.807) is 0 Å². The third kappa shape index (κ3) is 1.94. The van der Waals surface area contributed by atoms with Crippen LogP contribution >= 0.6 is 0 Å². The van der Waals surface area contributed by atoms with Gasteiger partial charge in [-0.2, -0.15) is 0 Å². The van der Waals surface area contributed by atoms with Crippen molar-refractivity contribution in [1.82, 2.24) is 0 Å². The minimum absolute atomic E-state index is 0.172. The molecule has 0 saturated heterocycles. The Hall–Kier alpha value is -1.31. The molecule has 18 heavy (non-hydrogen) atoms. The Morgan fingerprint density at radius 3 is 2.17 bits per heavy atom. The molecule has 0 N–H and O–H groups in total. The number of carbonyl (C=O) groups excluding carboxylic acids is 1. The fourth-order valence-electron chi connectivity index (χ4n) is 2.52. The van der Waals surface area contributed by atoms with E-state index in [0.29, 0.717) is 11.8 Å². The van der Waals surface area contributed by atoms with Gasteiger partial charge in [-0.1, -0.05) is 39.8 Å². The van der Waals surface area contributed by atoms with E-state index in [0.717, 1.165) is 16.7 Å². The van der Waals surface area contributed by atoms with Gasteiger partial charge >= 0.3 is 5.97 Å². The Morgan fingerprint density at radius 1 is 1.06 bits per heavy atom. The Balaban J connectivity index is 2.73. The predicted molar refractivity (Wildman–Crippen MR) is 73.1 cm³/mol. The minimum Gasteiger partial charge on any atom is -0.451 e. The molecule has 0 unspecified atom stereocenters. The zero-order valence-corrected chi connectivity index (χ0v) is 12.1. The van der Waals surface area contributed by atoms with Gasteiger partial charge in [0.2, 0.25) is 0 Å². The van der Waals surface area contributed by atoms with Crippen LogP contribution in [-0.4, -0.2) is 5.97 Å². The number of ether oxygens (including phenoxy) is 1. The molecule has 2 rings (SSSR count). The fraction of sp³-hybridized carbons (Fsp3) is 0.562. The van der Waals surface area contributed by atoms with Crippen molar-refractivity contribution in [2.24, 2.45) is 0 Å². The Labute approximate surface area is 109 Å². The van der Waals surface area contributed by atoms with Crippen LogP contribution in [0.5, 0.6) is 0 Å². The fourth-order valence-corrected chi connectivity index (χ4v) is 2.52. The lowest BCUT2D eigenvalue weighted by Gasteiger charge is -2.20. The summed E-state index contributed by atoms with van der Waals surface area (Å²) in [4.78, 5) is 12.1. The van der Waals surface area contributed by atoms with Crippen molar-refractivity contribution in [2.45, 2.75) is 59.0 Å². The molecule has 0 atom stereocenters. The molecule has 0 amide bonds. The van der Waals surface area contributed by atoms with Crippen LogP contribution in [0, 0.1) is 0 Å². The number of rotatable bonds is 2. The summed E-state index contributed by atoms with van der Waals surface area (Å²) in [7, 11) is 0. The number of fused-ring (bicyclic) bond motifs is 1. The summed E-state index contributed by atoms with van der Waals surface area (Å²) in [5.74, 6) is 0.618. The van der Waals surface area contributed by atoms with Gasteiger partial charge in [-0.25, -0.2) is 4.79 Å². The molecule has 0 aromatic heterocycles. The van der Waals surface area contributed by atoms with Crippen LogP contribution in [0.4, 0.5) is 0 Å². The summed E-state index contributed by atoms with van der Waals surface area (Å²) >= 11 is 0. The lowest BCUT2D eigenvalue weighted by atomic mass is 9.85. The molecule has 0 fully saturated rings. The molecule has 0 radical (unpaired) electrons. The quantitative estimate of drug-likeness (QED) is 0.726. The molecule has 0 saturated carbocycles. The summed E-state index contributed by atoms with van der Waals surface area (Å²) in [6, 6.07) is 4.30. The number of esters is 1. The van der Waals surface area contributed by atoms with Crippen molar-refractivity contribution in [1.29, 1.82) is 0 Å². The van der Waals surface area contributed by atoms with Crippen LogP contribution in [-0.2, 0) is 10.3 Å². The van der Waals surface area contributed by atoms with Gasteiger partial charge in [0.25, 0.3) is 0 Å². The van der Waals surface area contributed by atoms with E-state index in [-0.39, 0.29) is 5.97 Å². The van der Waals surface area contributed by atoms with E-state index >= 15 is 0 Å². The first-order valence-electron chi connectivity index (χ1n) is 6.65. The van der Waals surface area contributed by atoms with Crippen molar-refractivity contribution in [3.8, 4) is 0 Å². The van der Waals surface area contributed by atoms with Gasteiger partial charge in [-0.05, 0) is 36.8 Å². The van der Waals surface area contributed by atoms with Gasteiger partial charge in [-0.3, -0.25) is 0 Å². The maximum Gasteiger partial charge on any atom is 0.339 e. The van der Waals surface area contributed by atoms with Crippen LogP contribution < -0.4 is 0 Å². The standard InChI is InChI=1S/C16H22O2/c1-9(2)11-7-12(10(3)4)14-13(8-11)16(5,6)18-15(14)17/h7-10H,1-6H3. The summed E-state index contributed by atoms with van der Waals surface area (Å²) < 4.78 is 5.51. The molecule has 0 bridgehead atoms. The molecule has 1 heterocycles. The maximum absolute atomic E-state index is 12.1.